The summed E-state index contributed by atoms with van der Waals surface area (Å²) in [5.41, 5.74) is 5.58. The van der Waals surface area contributed by atoms with Crippen molar-refractivity contribution in [3.63, 3.8) is 0 Å². The fraction of sp³-hybridized carbons (Fsp3) is 0.500. The minimum Gasteiger partial charge on any atom is -0.370 e. The van der Waals surface area contributed by atoms with E-state index >= 15 is 0 Å². The Labute approximate surface area is 90.8 Å². The Balaban J connectivity index is 1.88. The molecule has 0 spiro atoms. The van der Waals surface area contributed by atoms with Crippen LogP contribution in [0.15, 0.2) is 30.3 Å². The molecule has 0 aromatic heterocycles. The van der Waals surface area contributed by atoms with Gasteiger partial charge in [-0.1, -0.05) is 30.3 Å². The molecule has 1 atom stereocenters. The summed E-state index contributed by atoms with van der Waals surface area (Å²) < 4.78 is 5.35. The summed E-state index contributed by atoms with van der Waals surface area (Å²) in [5.74, 6) is 0. The van der Waals surface area contributed by atoms with E-state index < -0.39 is 0 Å². The maximum Gasteiger partial charge on any atom is 0.160 e. The van der Waals surface area contributed by atoms with Gasteiger partial charge in [0.15, 0.2) is 6.04 Å². The molecule has 1 heterocycles. The van der Waals surface area contributed by atoms with Crippen LogP contribution < -0.4 is 10.6 Å². The fourth-order valence-electron chi connectivity index (χ4n) is 2.06. The van der Waals surface area contributed by atoms with Gasteiger partial charge in [0.05, 0.1) is 13.2 Å². The Morgan fingerprint density at radius 2 is 1.87 bits per heavy atom. The quantitative estimate of drug-likeness (QED) is 0.649. The molecule has 0 radical (unpaired) electrons. The first-order chi connectivity index (χ1) is 7.36. The maximum atomic E-state index is 5.35. The van der Waals surface area contributed by atoms with Gasteiger partial charge in [-0.15, -0.1) is 0 Å². The van der Waals surface area contributed by atoms with Gasteiger partial charge in [0.2, 0.25) is 0 Å². The van der Waals surface area contributed by atoms with Crippen molar-refractivity contribution in [2.24, 2.45) is 0 Å². The molecule has 82 valence electrons. The first-order valence-corrected chi connectivity index (χ1v) is 5.65. The largest absolute Gasteiger partial charge is 0.370 e. The standard InChI is InChI=1S/C12H18N2O/c13-12(11-4-2-1-3-5-11)10-14-6-8-15-9-7-14/h1-5,12H,6-10,13H2/p+2/t12-/m1/s1. The molecule has 0 unspecified atom stereocenters. The first kappa shape index (κ1) is 10.6. The van der Waals surface area contributed by atoms with Gasteiger partial charge in [0.1, 0.15) is 19.6 Å². The number of ether oxygens (including phenoxy) is 1. The number of quaternary nitrogens is 2. The van der Waals surface area contributed by atoms with Crippen LogP contribution in [0.5, 0.6) is 0 Å². The highest BCUT2D eigenvalue weighted by Gasteiger charge is 2.20. The molecular formula is C12H20N2O+2. The third kappa shape index (κ3) is 3.02. The van der Waals surface area contributed by atoms with E-state index in [2.05, 4.69) is 36.1 Å². The minimum atomic E-state index is 0.402. The zero-order chi connectivity index (χ0) is 10.5. The molecule has 1 saturated heterocycles. The van der Waals surface area contributed by atoms with E-state index in [9.17, 15) is 0 Å². The molecular weight excluding hydrogens is 188 g/mol. The van der Waals surface area contributed by atoms with Gasteiger partial charge in [-0.3, -0.25) is 0 Å². The number of benzene rings is 1. The lowest BCUT2D eigenvalue weighted by Gasteiger charge is -2.25. The lowest BCUT2D eigenvalue weighted by Crippen LogP contribution is -3.15. The molecule has 4 N–H and O–H groups in total. The van der Waals surface area contributed by atoms with Gasteiger partial charge in [0, 0.05) is 5.56 Å². The molecule has 1 aliphatic heterocycles. The van der Waals surface area contributed by atoms with Crippen molar-refractivity contribution in [3.05, 3.63) is 35.9 Å². The van der Waals surface area contributed by atoms with E-state index in [1.807, 2.05) is 0 Å². The zero-order valence-corrected chi connectivity index (χ0v) is 9.11. The molecule has 0 amide bonds. The van der Waals surface area contributed by atoms with Crippen LogP contribution in [0.25, 0.3) is 0 Å². The van der Waals surface area contributed by atoms with Crippen LogP contribution in [0.4, 0.5) is 0 Å². The van der Waals surface area contributed by atoms with Crippen molar-refractivity contribution >= 4 is 0 Å². The topological polar surface area (TPSA) is 41.3 Å². The van der Waals surface area contributed by atoms with E-state index in [0.717, 1.165) is 32.8 Å². The van der Waals surface area contributed by atoms with Crippen LogP contribution >= 0.6 is 0 Å². The number of hydrogen-bond acceptors (Lipinski definition) is 1. The van der Waals surface area contributed by atoms with Crippen molar-refractivity contribution in [2.45, 2.75) is 6.04 Å². The van der Waals surface area contributed by atoms with E-state index in [4.69, 9.17) is 4.74 Å². The average molecular weight is 208 g/mol. The second-order valence-corrected chi connectivity index (χ2v) is 4.17. The smallest absolute Gasteiger partial charge is 0.160 e. The van der Waals surface area contributed by atoms with Gasteiger partial charge in [-0.2, -0.15) is 0 Å². The SMILES string of the molecule is [NH3+][C@H](C[NH+]1CCOCC1)c1ccccc1. The van der Waals surface area contributed by atoms with Crippen LogP contribution in [-0.2, 0) is 4.74 Å². The van der Waals surface area contributed by atoms with Crippen LogP contribution in [0.2, 0.25) is 0 Å². The summed E-state index contributed by atoms with van der Waals surface area (Å²) in [4.78, 5) is 1.62. The third-order valence-electron chi connectivity index (χ3n) is 3.01. The van der Waals surface area contributed by atoms with Crippen molar-refractivity contribution in [3.8, 4) is 0 Å². The van der Waals surface area contributed by atoms with Crippen molar-refractivity contribution in [1.82, 2.24) is 0 Å². The minimum absolute atomic E-state index is 0.402. The van der Waals surface area contributed by atoms with Crippen LogP contribution in [-0.4, -0.2) is 32.8 Å². The van der Waals surface area contributed by atoms with Gasteiger partial charge in [0.25, 0.3) is 0 Å². The summed E-state index contributed by atoms with van der Waals surface area (Å²) in [6.07, 6.45) is 0. The molecule has 2 rings (SSSR count). The fourth-order valence-corrected chi connectivity index (χ4v) is 2.06. The molecule has 1 aliphatic rings. The van der Waals surface area contributed by atoms with E-state index in [0.29, 0.717) is 6.04 Å². The van der Waals surface area contributed by atoms with Gasteiger partial charge in [-0.25, -0.2) is 0 Å². The summed E-state index contributed by atoms with van der Waals surface area (Å²) in [7, 11) is 0. The Morgan fingerprint density at radius 3 is 2.53 bits per heavy atom. The maximum absolute atomic E-state index is 5.35. The lowest BCUT2D eigenvalue weighted by molar-refractivity contribution is -0.918. The Morgan fingerprint density at radius 1 is 1.20 bits per heavy atom. The van der Waals surface area contributed by atoms with Crippen molar-refractivity contribution in [1.29, 1.82) is 0 Å². The van der Waals surface area contributed by atoms with E-state index in [1.165, 1.54) is 5.56 Å². The molecule has 15 heavy (non-hydrogen) atoms. The summed E-state index contributed by atoms with van der Waals surface area (Å²) in [6.45, 7) is 5.17. The second kappa shape index (κ2) is 5.26. The summed E-state index contributed by atoms with van der Waals surface area (Å²) in [5, 5.41) is 0. The second-order valence-electron chi connectivity index (χ2n) is 4.17. The van der Waals surface area contributed by atoms with Crippen molar-refractivity contribution in [2.75, 3.05) is 32.8 Å². The van der Waals surface area contributed by atoms with Crippen LogP contribution in [0.1, 0.15) is 11.6 Å². The van der Waals surface area contributed by atoms with Gasteiger partial charge < -0.3 is 15.4 Å². The molecule has 3 nitrogen and oxygen atoms in total. The first-order valence-electron chi connectivity index (χ1n) is 5.65. The number of morpholine rings is 1. The van der Waals surface area contributed by atoms with E-state index in [-0.39, 0.29) is 0 Å². The summed E-state index contributed by atoms with van der Waals surface area (Å²) >= 11 is 0. The predicted molar refractivity (Wildman–Crippen MR) is 58.5 cm³/mol. The third-order valence-corrected chi connectivity index (χ3v) is 3.01. The molecule has 0 aliphatic carbocycles. The highest BCUT2D eigenvalue weighted by molar-refractivity contribution is 5.16. The van der Waals surface area contributed by atoms with Crippen molar-refractivity contribution < 1.29 is 15.4 Å². The molecule has 1 aromatic carbocycles. The molecule has 0 bridgehead atoms. The molecule has 0 saturated carbocycles. The number of rotatable bonds is 3. The summed E-state index contributed by atoms with van der Waals surface area (Å²) in [6, 6.07) is 11.0. The number of nitrogens with one attached hydrogen (secondary N) is 1. The molecule has 1 aromatic rings. The average Bonchev–Trinajstić information content (AvgIpc) is 2.31. The normalized spacial score (nSPS) is 20.1. The van der Waals surface area contributed by atoms with Crippen LogP contribution in [0.3, 0.4) is 0 Å². The van der Waals surface area contributed by atoms with E-state index in [1.54, 1.807) is 4.90 Å². The Bertz CT molecular complexity index is 283. The van der Waals surface area contributed by atoms with Gasteiger partial charge in [-0.05, 0) is 0 Å². The van der Waals surface area contributed by atoms with Gasteiger partial charge >= 0.3 is 0 Å². The Kier molecular flexibility index (Phi) is 3.72. The predicted octanol–water partition coefficient (Wildman–Crippen LogP) is -1.12. The highest BCUT2D eigenvalue weighted by Crippen LogP contribution is 2.04. The number of hydrogen-bond donors (Lipinski definition) is 2. The zero-order valence-electron chi connectivity index (χ0n) is 9.11. The molecule has 3 heteroatoms. The monoisotopic (exact) mass is 208 g/mol. The Hall–Kier alpha value is -0.900. The lowest BCUT2D eigenvalue weighted by atomic mass is 10.1. The van der Waals surface area contributed by atoms with Crippen LogP contribution in [0, 0.1) is 0 Å². The molecule has 1 fully saturated rings. The highest BCUT2D eigenvalue weighted by atomic mass is 16.5.